The van der Waals surface area contributed by atoms with E-state index in [1.807, 2.05) is 12.1 Å². The molecule has 0 radical (unpaired) electrons. The molecule has 2 aromatic rings. The fraction of sp³-hybridized carbons (Fsp3) is 0.308. The van der Waals surface area contributed by atoms with Gasteiger partial charge in [-0.15, -0.1) is 22.0 Å². The van der Waals surface area contributed by atoms with Gasteiger partial charge in [-0.3, -0.25) is 9.69 Å². The number of thioether (sulfide) groups is 1. The lowest BCUT2D eigenvalue weighted by Crippen LogP contribution is -2.27. The summed E-state index contributed by atoms with van der Waals surface area (Å²) in [6.07, 6.45) is 0. The second-order valence-corrected chi connectivity index (χ2v) is 6.17. The third-order valence-electron chi connectivity index (χ3n) is 3.08. The molecule has 0 spiro atoms. The number of rotatable bonds is 4. The highest BCUT2D eigenvalue weighted by atomic mass is 32.2. The quantitative estimate of drug-likeness (QED) is 0.860. The van der Waals surface area contributed by atoms with Crippen LogP contribution in [0.3, 0.4) is 0 Å². The summed E-state index contributed by atoms with van der Waals surface area (Å²) in [4.78, 5) is 13.8. The van der Waals surface area contributed by atoms with Crippen LogP contribution in [0.25, 0.3) is 0 Å². The molecule has 3 rings (SSSR count). The van der Waals surface area contributed by atoms with E-state index < -0.39 is 0 Å². The Morgan fingerprint density at radius 1 is 1.24 bits per heavy atom. The Balaban J connectivity index is 2.00. The monoisotopic (exact) mass is 323 g/mol. The number of ether oxygens (including phenoxy) is 2. The van der Waals surface area contributed by atoms with Crippen molar-refractivity contribution in [1.82, 2.24) is 10.2 Å². The van der Waals surface area contributed by atoms with Crippen molar-refractivity contribution in [3.8, 4) is 11.5 Å². The third-order valence-corrected chi connectivity index (χ3v) is 4.98. The highest BCUT2D eigenvalue weighted by molar-refractivity contribution is 8.00. The number of hydrogen-bond donors (Lipinski definition) is 0. The molecule has 1 aromatic carbocycles. The van der Waals surface area contributed by atoms with Gasteiger partial charge >= 0.3 is 0 Å². The number of aromatic nitrogens is 2. The van der Waals surface area contributed by atoms with Gasteiger partial charge in [-0.05, 0) is 17.7 Å². The summed E-state index contributed by atoms with van der Waals surface area (Å²) in [5.74, 6) is 1.84. The summed E-state index contributed by atoms with van der Waals surface area (Å²) in [5.41, 5.74) is 2.56. The van der Waals surface area contributed by atoms with Crippen molar-refractivity contribution in [3.05, 3.63) is 29.3 Å². The highest BCUT2D eigenvalue weighted by Gasteiger charge is 2.36. The SMILES string of the molecule is COc1cc(OC)cc(C2SCC(=O)N2c2nncs2)c1. The van der Waals surface area contributed by atoms with Crippen LogP contribution < -0.4 is 14.4 Å². The molecular weight excluding hydrogens is 310 g/mol. The number of anilines is 1. The zero-order chi connectivity index (χ0) is 14.8. The summed E-state index contributed by atoms with van der Waals surface area (Å²) < 4.78 is 10.6. The maximum atomic E-state index is 12.1. The minimum absolute atomic E-state index is 0.0311. The number of nitrogens with zero attached hydrogens (tertiary/aromatic N) is 3. The summed E-state index contributed by atoms with van der Waals surface area (Å²) in [6, 6.07) is 5.62. The Morgan fingerprint density at radius 3 is 2.52 bits per heavy atom. The molecule has 1 atom stereocenters. The molecule has 1 aromatic heterocycles. The molecular formula is C13H13N3O3S2. The smallest absolute Gasteiger partial charge is 0.240 e. The normalized spacial score (nSPS) is 18.1. The first-order valence-corrected chi connectivity index (χ1v) is 8.08. The molecule has 2 heterocycles. The second-order valence-electron chi connectivity index (χ2n) is 4.29. The first-order chi connectivity index (χ1) is 10.2. The van der Waals surface area contributed by atoms with E-state index in [9.17, 15) is 4.79 Å². The lowest BCUT2D eigenvalue weighted by Gasteiger charge is -2.21. The van der Waals surface area contributed by atoms with Gasteiger partial charge in [-0.1, -0.05) is 11.3 Å². The van der Waals surface area contributed by atoms with E-state index in [2.05, 4.69) is 10.2 Å². The van der Waals surface area contributed by atoms with Gasteiger partial charge in [0.05, 0.1) is 20.0 Å². The van der Waals surface area contributed by atoms with E-state index in [4.69, 9.17) is 9.47 Å². The molecule has 1 amide bonds. The molecule has 0 bridgehead atoms. The van der Waals surface area contributed by atoms with Crippen molar-refractivity contribution in [3.63, 3.8) is 0 Å². The molecule has 1 unspecified atom stereocenters. The van der Waals surface area contributed by atoms with Crippen LogP contribution in [0.15, 0.2) is 23.7 Å². The van der Waals surface area contributed by atoms with E-state index >= 15 is 0 Å². The minimum atomic E-state index is -0.144. The van der Waals surface area contributed by atoms with Crippen molar-refractivity contribution in [2.75, 3.05) is 24.9 Å². The largest absolute Gasteiger partial charge is 0.497 e. The summed E-state index contributed by atoms with van der Waals surface area (Å²) in [6.45, 7) is 0. The van der Waals surface area contributed by atoms with E-state index in [1.54, 1.807) is 42.5 Å². The molecule has 1 fully saturated rings. The van der Waals surface area contributed by atoms with Gasteiger partial charge in [0.2, 0.25) is 11.0 Å². The van der Waals surface area contributed by atoms with Crippen molar-refractivity contribution in [2.24, 2.45) is 0 Å². The lowest BCUT2D eigenvalue weighted by atomic mass is 10.2. The molecule has 0 saturated carbocycles. The van der Waals surface area contributed by atoms with Gasteiger partial charge in [0, 0.05) is 6.07 Å². The van der Waals surface area contributed by atoms with Crippen molar-refractivity contribution >= 4 is 34.1 Å². The molecule has 110 valence electrons. The molecule has 1 aliphatic heterocycles. The van der Waals surface area contributed by atoms with Crippen molar-refractivity contribution < 1.29 is 14.3 Å². The Hall–Kier alpha value is -1.80. The molecule has 1 aliphatic rings. The zero-order valence-electron chi connectivity index (χ0n) is 11.5. The fourth-order valence-electron chi connectivity index (χ4n) is 2.12. The molecule has 6 nitrogen and oxygen atoms in total. The number of hydrogen-bond acceptors (Lipinski definition) is 7. The molecule has 8 heteroatoms. The standard InChI is InChI=1S/C13H13N3O3S2/c1-18-9-3-8(4-10(5-9)19-2)12-16(11(17)6-20-12)13-15-14-7-21-13/h3-5,7,12H,6H2,1-2H3. The predicted molar refractivity (Wildman–Crippen MR) is 82.1 cm³/mol. The topological polar surface area (TPSA) is 64.6 Å². The molecule has 21 heavy (non-hydrogen) atoms. The molecule has 0 aliphatic carbocycles. The van der Waals surface area contributed by atoms with Crippen LogP contribution in [0.5, 0.6) is 11.5 Å². The first-order valence-electron chi connectivity index (χ1n) is 6.15. The van der Waals surface area contributed by atoms with E-state index in [0.717, 1.165) is 5.56 Å². The van der Waals surface area contributed by atoms with E-state index in [0.29, 0.717) is 22.4 Å². The Bertz CT molecular complexity index is 626. The summed E-state index contributed by atoms with van der Waals surface area (Å²) in [5, 5.41) is 8.28. The van der Waals surface area contributed by atoms with E-state index in [-0.39, 0.29) is 11.3 Å². The molecule has 0 N–H and O–H groups in total. The van der Waals surface area contributed by atoms with Crippen molar-refractivity contribution in [2.45, 2.75) is 5.37 Å². The van der Waals surface area contributed by atoms with Crippen LogP contribution in [0.1, 0.15) is 10.9 Å². The third kappa shape index (κ3) is 2.68. The first kappa shape index (κ1) is 14.2. The van der Waals surface area contributed by atoms with Crippen molar-refractivity contribution in [1.29, 1.82) is 0 Å². The maximum Gasteiger partial charge on any atom is 0.240 e. The van der Waals surface area contributed by atoms with E-state index in [1.165, 1.54) is 11.3 Å². The van der Waals surface area contributed by atoms with Gasteiger partial charge in [-0.25, -0.2) is 0 Å². The lowest BCUT2D eigenvalue weighted by molar-refractivity contribution is -0.115. The van der Waals surface area contributed by atoms with Crippen LogP contribution in [0.4, 0.5) is 5.13 Å². The van der Waals surface area contributed by atoms with Crippen LogP contribution >= 0.6 is 23.1 Å². The highest BCUT2D eigenvalue weighted by Crippen LogP contribution is 2.43. The number of amides is 1. The number of benzene rings is 1. The van der Waals surface area contributed by atoms with Gasteiger partial charge < -0.3 is 9.47 Å². The number of methoxy groups -OCH3 is 2. The summed E-state index contributed by atoms with van der Waals surface area (Å²) >= 11 is 2.90. The van der Waals surface area contributed by atoms with Crippen LogP contribution in [0.2, 0.25) is 0 Å². The predicted octanol–water partition coefficient (Wildman–Crippen LogP) is 2.33. The Morgan fingerprint density at radius 2 is 1.95 bits per heavy atom. The number of carbonyl (C=O) groups excluding carboxylic acids is 1. The Kier molecular flexibility index (Phi) is 3.98. The summed E-state index contributed by atoms with van der Waals surface area (Å²) in [7, 11) is 3.21. The van der Waals surface area contributed by atoms with Gasteiger partial charge in [-0.2, -0.15) is 0 Å². The van der Waals surface area contributed by atoms with Gasteiger partial charge in [0.15, 0.2) is 0 Å². The maximum absolute atomic E-state index is 12.1. The van der Waals surface area contributed by atoms with Crippen LogP contribution in [-0.2, 0) is 4.79 Å². The second kappa shape index (κ2) is 5.90. The molecule has 1 saturated heterocycles. The average Bonchev–Trinajstić information content (AvgIpc) is 3.15. The van der Waals surface area contributed by atoms with Crippen LogP contribution in [0, 0.1) is 0 Å². The van der Waals surface area contributed by atoms with Crippen LogP contribution in [-0.4, -0.2) is 36.1 Å². The Labute approximate surface area is 130 Å². The minimum Gasteiger partial charge on any atom is -0.497 e. The number of carbonyl (C=O) groups is 1. The van der Waals surface area contributed by atoms with Gasteiger partial charge in [0.25, 0.3) is 0 Å². The van der Waals surface area contributed by atoms with Gasteiger partial charge in [0.1, 0.15) is 22.4 Å². The fourth-order valence-corrected chi connectivity index (χ4v) is 3.93. The average molecular weight is 323 g/mol. The zero-order valence-corrected chi connectivity index (χ0v) is 13.1.